The first-order valence-electron chi connectivity index (χ1n) is 5.80. The van der Waals surface area contributed by atoms with Crippen molar-refractivity contribution in [3.8, 4) is 0 Å². The lowest BCUT2D eigenvalue weighted by Crippen LogP contribution is -2.56. The van der Waals surface area contributed by atoms with Crippen LogP contribution in [0.1, 0.15) is 40.5 Å². The Morgan fingerprint density at radius 2 is 1.93 bits per heavy atom. The van der Waals surface area contributed by atoms with Gasteiger partial charge in [0.05, 0.1) is 11.7 Å². The summed E-state index contributed by atoms with van der Waals surface area (Å²) in [5, 5.41) is 3.53. The van der Waals surface area contributed by atoms with Gasteiger partial charge in [-0.25, -0.2) is 0 Å². The summed E-state index contributed by atoms with van der Waals surface area (Å²) in [6, 6.07) is 0. The Kier molecular flexibility index (Phi) is 2.39. The monoisotopic (exact) mass is 197 g/mol. The minimum atomic E-state index is 0.107. The maximum Gasteiger partial charge on any atom is 0.0810 e. The van der Waals surface area contributed by atoms with E-state index in [4.69, 9.17) is 4.74 Å². The van der Waals surface area contributed by atoms with Gasteiger partial charge in [-0.15, -0.1) is 0 Å². The van der Waals surface area contributed by atoms with E-state index in [1.165, 1.54) is 12.8 Å². The van der Waals surface area contributed by atoms with Crippen molar-refractivity contribution >= 4 is 0 Å². The van der Waals surface area contributed by atoms with Crippen LogP contribution in [-0.2, 0) is 4.74 Å². The van der Waals surface area contributed by atoms with Gasteiger partial charge < -0.3 is 10.1 Å². The highest BCUT2D eigenvalue weighted by molar-refractivity contribution is 4.99. The summed E-state index contributed by atoms with van der Waals surface area (Å²) in [5.74, 6) is 0.806. The van der Waals surface area contributed by atoms with E-state index < -0.39 is 0 Å². The second kappa shape index (κ2) is 3.21. The van der Waals surface area contributed by atoms with Gasteiger partial charge in [0.15, 0.2) is 0 Å². The largest absolute Gasteiger partial charge is 0.369 e. The third kappa shape index (κ3) is 1.96. The van der Waals surface area contributed by atoms with E-state index in [1.807, 2.05) is 0 Å². The van der Waals surface area contributed by atoms with Gasteiger partial charge in [-0.3, -0.25) is 0 Å². The molecule has 2 nitrogen and oxygen atoms in total. The molecule has 1 saturated heterocycles. The van der Waals surface area contributed by atoms with Crippen molar-refractivity contribution in [3.05, 3.63) is 0 Å². The molecule has 1 N–H and O–H groups in total. The van der Waals surface area contributed by atoms with Crippen LogP contribution < -0.4 is 5.32 Å². The number of hydrogen-bond acceptors (Lipinski definition) is 2. The molecule has 0 spiro atoms. The Balaban J connectivity index is 2.03. The predicted octanol–water partition coefficient (Wildman–Crippen LogP) is 2.19. The summed E-state index contributed by atoms with van der Waals surface area (Å²) in [4.78, 5) is 0. The van der Waals surface area contributed by atoms with Crippen LogP contribution in [0, 0.1) is 11.3 Å². The molecule has 1 aliphatic heterocycles. The number of nitrogens with one attached hydrogen (secondary N) is 1. The molecule has 0 radical (unpaired) electrons. The van der Waals surface area contributed by atoms with Crippen LogP contribution in [0.25, 0.3) is 0 Å². The van der Waals surface area contributed by atoms with Crippen LogP contribution in [0.5, 0.6) is 0 Å². The normalized spacial score (nSPS) is 39.9. The molecular weight excluding hydrogens is 174 g/mol. The first kappa shape index (κ1) is 10.4. The lowest BCUT2D eigenvalue weighted by Gasteiger charge is -2.44. The Labute approximate surface area is 87.4 Å². The average molecular weight is 197 g/mol. The van der Waals surface area contributed by atoms with Crippen LogP contribution in [0.2, 0.25) is 0 Å². The average Bonchev–Trinajstić information content (AvgIpc) is 2.84. The summed E-state index contributed by atoms with van der Waals surface area (Å²) >= 11 is 0. The molecule has 0 aromatic rings. The fourth-order valence-electron chi connectivity index (χ4n) is 2.28. The van der Waals surface area contributed by atoms with Gasteiger partial charge in [0.1, 0.15) is 0 Å². The minimum Gasteiger partial charge on any atom is -0.369 e. The van der Waals surface area contributed by atoms with Crippen molar-refractivity contribution in [2.24, 2.45) is 11.3 Å². The van der Waals surface area contributed by atoms with E-state index in [0.717, 1.165) is 19.0 Å². The van der Waals surface area contributed by atoms with Gasteiger partial charge >= 0.3 is 0 Å². The van der Waals surface area contributed by atoms with Crippen molar-refractivity contribution in [2.45, 2.75) is 52.2 Å². The van der Waals surface area contributed by atoms with Crippen LogP contribution in [0.4, 0.5) is 0 Å². The van der Waals surface area contributed by atoms with Crippen molar-refractivity contribution < 1.29 is 4.74 Å². The molecule has 0 aromatic heterocycles. The van der Waals surface area contributed by atoms with Gasteiger partial charge in [-0.2, -0.15) is 0 Å². The molecule has 2 atom stereocenters. The van der Waals surface area contributed by atoms with Crippen LogP contribution in [0.3, 0.4) is 0 Å². The molecule has 2 unspecified atom stereocenters. The van der Waals surface area contributed by atoms with E-state index in [9.17, 15) is 0 Å². The molecule has 1 aliphatic carbocycles. The quantitative estimate of drug-likeness (QED) is 0.696. The van der Waals surface area contributed by atoms with Crippen LogP contribution in [0.15, 0.2) is 0 Å². The van der Waals surface area contributed by atoms with E-state index in [-0.39, 0.29) is 11.0 Å². The Morgan fingerprint density at radius 3 is 2.43 bits per heavy atom. The Hall–Kier alpha value is -0.0800. The fraction of sp³-hybridized carbons (Fsp3) is 1.00. The zero-order valence-electron chi connectivity index (χ0n) is 9.89. The van der Waals surface area contributed by atoms with Crippen molar-refractivity contribution in [1.29, 1.82) is 0 Å². The summed E-state index contributed by atoms with van der Waals surface area (Å²) in [6.07, 6.45) is 3.08. The third-order valence-electron chi connectivity index (χ3n) is 3.62. The molecule has 2 aliphatic rings. The number of morpholine rings is 1. The van der Waals surface area contributed by atoms with Gasteiger partial charge in [-0.1, -0.05) is 20.8 Å². The summed E-state index contributed by atoms with van der Waals surface area (Å²) in [5.41, 5.74) is 0.361. The van der Waals surface area contributed by atoms with Gasteiger partial charge in [0.25, 0.3) is 0 Å². The predicted molar refractivity (Wildman–Crippen MR) is 58.3 cm³/mol. The number of rotatable bonds is 1. The summed E-state index contributed by atoms with van der Waals surface area (Å²) < 4.78 is 6.30. The maximum atomic E-state index is 6.30. The van der Waals surface area contributed by atoms with E-state index >= 15 is 0 Å². The number of hydrogen-bond donors (Lipinski definition) is 1. The van der Waals surface area contributed by atoms with E-state index in [0.29, 0.717) is 6.10 Å². The van der Waals surface area contributed by atoms with Crippen LogP contribution in [-0.4, -0.2) is 24.8 Å². The summed E-state index contributed by atoms with van der Waals surface area (Å²) in [6.45, 7) is 11.1. The van der Waals surface area contributed by atoms with Gasteiger partial charge in [0.2, 0.25) is 0 Å². The minimum absolute atomic E-state index is 0.107. The molecule has 0 bridgehead atoms. The molecule has 0 amide bonds. The van der Waals surface area contributed by atoms with Crippen molar-refractivity contribution in [3.63, 3.8) is 0 Å². The van der Waals surface area contributed by atoms with Crippen molar-refractivity contribution in [2.75, 3.05) is 13.1 Å². The summed E-state index contributed by atoms with van der Waals surface area (Å²) in [7, 11) is 0. The molecule has 2 fully saturated rings. The SMILES string of the molecule is CC(C)(C)C1CNCC(C)(C2CC2)O1. The highest BCUT2D eigenvalue weighted by Crippen LogP contribution is 2.44. The fourth-order valence-corrected chi connectivity index (χ4v) is 2.28. The first-order chi connectivity index (χ1) is 6.42. The van der Waals surface area contributed by atoms with Gasteiger partial charge in [0, 0.05) is 13.1 Å². The number of ether oxygens (including phenoxy) is 1. The standard InChI is InChI=1S/C12H23NO/c1-11(2,3)10-7-13-8-12(4,14-10)9-5-6-9/h9-10,13H,5-8H2,1-4H3. The second-order valence-electron chi connectivity index (χ2n) is 6.19. The third-order valence-corrected chi connectivity index (χ3v) is 3.62. The smallest absolute Gasteiger partial charge is 0.0810 e. The zero-order chi connectivity index (χ0) is 10.4. The topological polar surface area (TPSA) is 21.3 Å². The zero-order valence-corrected chi connectivity index (χ0v) is 9.89. The first-order valence-corrected chi connectivity index (χ1v) is 5.80. The lowest BCUT2D eigenvalue weighted by atomic mass is 9.86. The lowest BCUT2D eigenvalue weighted by molar-refractivity contribution is -0.152. The molecule has 2 rings (SSSR count). The Morgan fingerprint density at radius 1 is 1.29 bits per heavy atom. The molecular formula is C12H23NO. The second-order valence-corrected chi connectivity index (χ2v) is 6.19. The molecule has 2 heteroatoms. The molecule has 1 heterocycles. The highest BCUT2D eigenvalue weighted by atomic mass is 16.5. The Bertz CT molecular complexity index is 217. The van der Waals surface area contributed by atoms with E-state index in [1.54, 1.807) is 0 Å². The molecule has 1 saturated carbocycles. The van der Waals surface area contributed by atoms with Crippen LogP contribution >= 0.6 is 0 Å². The molecule has 0 aromatic carbocycles. The highest BCUT2D eigenvalue weighted by Gasteiger charge is 2.47. The van der Waals surface area contributed by atoms with Crippen molar-refractivity contribution in [1.82, 2.24) is 5.32 Å². The molecule has 14 heavy (non-hydrogen) atoms. The maximum absolute atomic E-state index is 6.30. The molecule has 82 valence electrons. The van der Waals surface area contributed by atoms with E-state index in [2.05, 4.69) is 33.0 Å². The van der Waals surface area contributed by atoms with Gasteiger partial charge in [-0.05, 0) is 31.1 Å².